The molecule has 0 heterocycles. The van der Waals surface area contributed by atoms with Gasteiger partial charge in [-0.25, -0.2) is 0 Å². The van der Waals surface area contributed by atoms with Gasteiger partial charge in [-0.05, 0) is 56.4 Å². The molecule has 2 nitrogen and oxygen atoms in total. The minimum Gasteiger partial charge on any atom is -0.385 e. The van der Waals surface area contributed by atoms with E-state index in [1.165, 1.54) is 70.8 Å². The molecule has 1 aliphatic rings. The van der Waals surface area contributed by atoms with Gasteiger partial charge < -0.3 is 10.1 Å². The van der Waals surface area contributed by atoms with Gasteiger partial charge in [-0.15, -0.1) is 0 Å². The molecule has 0 saturated heterocycles. The molecular weight excluding hydrogens is 246 g/mol. The Morgan fingerprint density at radius 3 is 2.45 bits per heavy atom. The van der Waals surface area contributed by atoms with Gasteiger partial charge >= 0.3 is 0 Å². The molecule has 2 heteroatoms. The molecule has 20 heavy (non-hydrogen) atoms. The SMILES string of the molecule is CCCCC1CCC(CCCCOC)(CNCC)CC1. The molecule has 1 rings (SSSR count). The normalized spacial score (nSPS) is 26.9. The van der Waals surface area contributed by atoms with Crippen molar-refractivity contribution in [3.8, 4) is 0 Å². The van der Waals surface area contributed by atoms with Crippen molar-refractivity contribution in [3.63, 3.8) is 0 Å². The predicted octanol–water partition coefficient (Wildman–Crippen LogP) is 4.78. The Morgan fingerprint density at radius 2 is 1.85 bits per heavy atom. The first-order valence-corrected chi connectivity index (χ1v) is 8.96. The number of hydrogen-bond donors (Lipinski definition) is 1. The topological polar surface area (TPSA) is 21.3 Å². The van der Waals surface area contributed by atoms with Gasteiger partial charge in [0.05, 0.1) is 0 Å². The lowest BCUT2D eigenvalue weighted by Gasteiger charge is -2.41. The van der Waals surface area contributed by atoms with E-state index in [2.05, 4.69) is 19.2 Å². The second-order valence-electron chi connectivity index (χ2n) is 6.82. The van der Waals surface area contributed by atoms with Crippen LogP contribution in [0.25, 0.3) is 0 Å². The summed E-state index contributed by atoms with van der Waals surface area (Å²) in [5.74, 6) is 1.02. The fourth-order valence-corrected chi connectivity index (χ4v) is 3.72. The summed E-state index contributed by atoms with van der Waals surface area (Å²) in [7, 11) is 1.81. The van der Waals surface area contributed by atoms with E-state index in [0.29, 0.717) is 5.41 Å². The fraction of sp³-hybridized carbons (Fsp3) is 1.00. The third kappa shape index (κ3) is 6.58. The Kier molecular flexibility index (Phi) is 9.54. The van der Waals surface area contributed by atoms with Gasteiger partial charge in [0.2, 0.25) is 0 Å². The molecule has 0 aliphatic heterocycles. The Balaban J connectivity index is 2.36. The number of methoxy groups -OCH3 is 1. The number of rotatable bonds is 11. The number of hydrogen-bond acceptors (Lipinski definition) is 2. The highest BCUT2D eigenvalue weighted by molar-refractivity contribution is 4.87. The van der Waals surface area contributed by atoms with Crippen LogP contribution in [-0.2, 0) is 4.74 Å². The maximum Gasteiger partial charge on any atom is 0.0462 e. The second-order valence-corrected chi connectivity index (χ2v) is 6.82. The molecule has 0 unspecified atom stereocenters. The van der Waals surface area contributed by atoms with E-state index in [0.717, 1.165) is 19.1 Å². The van der Waals surface area contributed by atoms with Crippen LogP contribution in [0.4, 0.5) is 0 Å². The lowest BCUT2D eigenvalue weighted by atomic mass is 9.67. The summed E-state index contributed by atoms with van der Waals surface area (Å²) in [6.45, 7) is 7.81. The third-order valence-corrected chi connectivity index (χ3v) is 5.19. The minimum absolute atomic E-state index is 0.590. The molecule has 120 valence electrons. The largest absolute Gasteiger partial charge is 0.385 e. The van der Waals surface area contributed by atoms with Crippen LogP contribution in [0.2, 0.25) is 0 Å². The molecule has 0 atom stereocenters. The maximum atomic E-state index is 5.19. The highest BCUT2D eigenvalue weighted by atomic mass is 16.5. The van der Waals surface area contributed by atoms with E-state index in [9.17, 15) is 0 Å². The van der Waals surface area contributed by atoms with Gasteiger partial charge in [0, 0.05) is 20.3 Å². The zero-order valence-electron chi connectivity index (χ0n) is 14.2. The highest BCUT2D eigenvalue weighted by Crippen LogP contribution is 2.43. The molecule has 0 aromatic carbocycles. The lowest BCUT2D eigenvalue weighted by Crippen LogP contribution is -2.37. The van der Waals surface area contributed by atoms with E-state index in [1.54, 1.807) is 0 Å². The first kappa shape index (κ1) is 18.0. The van der Waals surface area contributed by atoms with Crippen LogP contribution in [0.5, 0.6) is 0 Å². The monoisotopic (exact) mass is 283 g/mol. The van der Waals surface area contributed by atoms with E-state index in [1.807, 2.05) is 7.11 Å². The zero-order chi connectivity index (χ0) is 14.7. The molecule has 0 aromatic rings. The van der Waals surface area contributed by atoms with E-state index < -0.39 is 0 Å². The minimum atomic E-state index is 0.590. The van der Waals surface area contributed by atoms with Crippen molar-refractivity contribution in [1.29, 1.82) is 0 Å². The number of ether oxygens (including phenoxy) is 1. The first-order chi connectivity index (χ1) is 9.76. The lowest BCUT2D eigenvalue weighted by molar-refractivity contribution is 0.118. The quantitative estimate of drug-likeness (QED) is 0.551. The van der Waals surface area contributed by atoms with Crippen LogP contribution >= 0.6 is 0 Å². The van der Waals surface area contributed by atoms with Crippen molar-refractivity contribution < 1.29 is 4.74 Å². The molecule has 1 aliphatic carbocycles. The van der Waals surface area contributed by atoms with Gasteiger partial charge in [0.15, 0.2) is 0 Å². The average Bonchev–Trinajstić information content (AvgIpc) is 2.49. The molecule has 0 radical (unpaired) electrons. The highest BCUT2D eigenvalue weighted by Gasteiger charge is 2.34. The number of nitrogens with one attached hydrogen (secondary N) is 1. The summed E-state index contributed by atoms with van der Waals surface area (Å²) in [5, 5.41) is 3.63. The van der Waals surface area contributed by atoms with Crippen LogP contribution in [0, 0.1) is 11.3 Å². The van der Waals surface area contributed by atoms with Crippen LogP contribution in [0.15, 0.2) is 0 Å². The second kappa shape index (κ2) is 10.6. The third-order valence-electron chi connectivity index (χ3n) is 5.19. The number of unbranched alkanes of at least 4 members (excludes halogenated alkanes) is 2. The predicted molar refractivity (Wildman–Crippen MR) is 88.2 cm³/mol. The van der Waals surface area contributed by atoms with Crippen molar-refractivity contribution in [2.24, 2.45) is 11.3 Å². The molecule has 0 aromatic heterocycles. The van der Waals surface area contributed by atoms with Crippen LogP contribution < -0.4 is 5.32 Å². The van der Waals surface area contributed by atoms with Gasteiger partial charge in [-0.1, -0.05) is 39.5 Å². The molecule has 0 amide bonds. The van der Waals surface area contributed by atoms with Gasteiger partial charge in [0.1, 0.15) is 0 Å². The van der Waals surface area contributed by atoms with Crippen molar-refractivity contribution in [1.82, 2.24) is 5.32 Å². The van der Waals surface area contributed by atoms with Crippen molar-refractivity contribution >= 4 is 0 Å². The standard InChI is InChI=1S/C18H37NO/c1-4-6-9-17-10-13-18(14-11-17,16-19-5-2)12-7-8-15-20-3/h17,19H,4-16H2,1-3H3. The molecule has 0 bridgehead atoms. The van der Waals surface area contributed by atoms with E-state index in [-0.39, 0.29) is 0 Å². The van der Waals surface area contributed by atoms with Crippen LogP contribution in [0.1, 0.15) is 78.1 Å². The summed E-state index contributed by atoms with van der Waals surface area (Å²) < 4.78 is 5.19. The Bertz CT molecular complexity index is 221. The summed E-state index contributed by atoms with van der Waals surface area (Å²) in [6.07, 6.45) is 14.0. The first-order valence-electron chi connectivity index (χ1n) is 8.96. The van der Waals surface area contributed by atoms with Crippen LogP contribution in [-0.4, -0.2) is 26.8 Å². The molecule has 1 N–H and O–H groups in total. The van der Waals surface area contributed by atoms with Crippen molar-refractivity contribution in [2.45, 2.75) is 78.1 Å². The maximum absolute atomic E-state index is 5.19. The van der Waals surface area contributed by atoms with E-state index >= 15 is 0 Å². The van der Waals surface area contributed by atoms with Crippen LogP contribution in [0.3, 0.4) is 0 Å². The summed E-state index contributed by atoms with van der Waals surface area (Å²) >= 11 is 0. The van der Waals surface area contributed by atoms with E-state index in [4.69, 9.17) is 4.74 Å². The van der Waals surface area contributed by atoms with Crippen molar-refractivity contribution in [3.05, 3.63) is 0 Å². The Hall–Kier alpha value is -0.0800. The fourth-order valence-electron chi connectivity index (χ4n) is 3.72. The average molecular weight is 284 g/mol. The molecule has 0 spiro atoms. The van der Waals surface area contributed by atoms with Crippen molar-refractivity contribution in [2.75, 3.05) is 26.8 Å². The molecular formula is C18H37NO. The van der Waals surface area contributed by atoms with Gasteiger partial charge in [0.25, 0.3) is 0 Å². The smallest absolute Gasteiger partial charge is 0.0462 e. The molecule has 1 fully saturated rings. The van der Waals surface area contributed by atoms with Gasteiger partial charge in [-0.3, -0.25) is 0 Å². The summed E-state index contributed by atoms with van der Waals surface area (Å²) in [6, 6.07) is 0. The Morgan fingerprint density at radius 1 is 1.10 bits per heavy atom. The van der Waals surface area contributed by atoms with Gasteiger partial charge in [-0.2, -0.15) is 0 Å². The molecule has 1 saturated carbocycles. The summed E-state index contributed by atoms with van der Waals surface area (Å²) in [5.41, 5.74) is 0.590. The summed E-state index contributed by atoms with van der Waals surface area (Å²) in [4.78, 5) is 0. The Labute approximate surface area is 127 Å². The zero-order valence-corrected chi connectivity index (χ0v) is 14.2.